The minimum atomic E-state index is 0. The number of nitrogens with one attached hydrogen (secondary N) is 1. The molecule has 5 rings (SSSR count). The number of fused-ring (bicyclic) bond motifs is 1. The van der Waals surface area contributed by atoms with E-state index in [2.05, 4.69) is 31.2 Å². The van der Waals surface area contributed by atoms with Crippen molar-refractivity contribution in [2.45, 2.75) is 37.8 Å². The summed E-state index contributed by atoms with van der Waals surface area (Å²) in [5, 5.41) is 4.47. The van der Waals surface area contributed by atoms with E-state index in [0.29, 0.717) is 43.6 Å². The SMILES string of the molecule is O=C1CCN(c2nccnc2OC2CC(Nc3nc4ccccc4s3)C2)CC1.[HH]. The average Bonchev–Trinajstić information content (AvgIpc) is 3.10. The first kappa shape index (κ1) is 17.4. The molecule has 2 aromatic heterocycles. The van der Waals surface area contributed by atoms with E-state index in [0.717, 1.165) is 29.3 Å². The molecule has 1 aliphatic heterocycles. The molecular formula is C20H23N5O2S. The number of ether oxygens (including phenoxy) is 1. The van der Waals surface area contributed by atoms with E-state index >= 15 is 0 Å². The zero-order valence-electron chi connectivity index (χ0n) is 15.4. The van der Waals surface area contributed by atoms with Gasteiger partial charge in [0.15, 0.2) is 10.9 Å². The first-order chi connectivity index (χ1) is 13.7. The molecule has 0 amide bonds. The van der Waals surface area contributed by atoms with Crippen LogP contribution in [0.1, 0.15) is 27.1 Å². The van der Waals surface area contributed by atoms with Crippen LogP contribution in [0.4, 0.5) is 10.9 Å². The molecule has 3 heterocycles. The van der Waals surface area contributed by atoms with Crippen LogP contribution >= 0.6 is 11.3 Å². The molecule has 3 aromatic rings. The van der Waals surface area contributed by atoms with Crippen LogP contribution in [0.25, 0.3) is 10.2 Å². The van der Waals surface area contributed by atoms with Gasteiger partial charge in [0.05, 0.1) is 10.2 Å². The normalized spacial score (nSPS) is 22.1. The van der Waals surface area contributed by atoms with Crippen LogP contribution in [0.2, 0.25) is 0 Å². The number of rotatable bonds is 5. The van der Waals surface area contributed by atoms with Gasteiger partial charge in [0.1, 0.15) is 11.9 Å². The van der Waals surface area contributed by atoms with Gasteiger partial charge in [0.2, 0.25) is 0 Å². The van der Waals surface area contributed by atoms with E-state index in [9.17, 15) is 4.79 Å². The molecule has 1 aromatic carbocycles. The van der Waals surface area contributed by atoms with Crippen molar-refractivity contribution < 1.29 is 11.0 Å². The second-order valence-corrected chi connectivity index (χ2v) is 8.28. The summed E-state index contributed by atoms with van der Waals surface area (Å²) in [6, 6.07) is 8.53. The predicted molar refractivity (Wildman–Crippen MR) is 111 cm³/mol. The molecule has 8 heteroatoms. The maximum absolute atomic E-state index is 11.5. The summed E-state index contributed by atoms with van der Waals surface area (Å²) in [5.74, 6) is 1.63. The van der Waals surface area contributed by atoms with E-state index in [1.165, 1.54) is 4.70 Å². The van der Waals surface area contributed by atoms with E-state index < -0.39 is 0 Å². The topological polar surface area (TPSA) is 80.2 Å². The summed E-state index contributed by atoms with van der Waals surface area (Å²) in [4.78, 5) is 27.1. The van der Waals surface area contributed by atoms with Crippen molar-refractivity contribution in [2.24, 2.45) is 0 Å². The number of nitrogens with zero attached hydrogens (tertiary/aromatic N) is 4. The monoisotopic (exact) mass is 397 g/mol. The highest BCUT2D eigenvalue weighted by Gasteiger charge is 2.33. The molecular weight excluding hydrogens is 374 g/mol. The smallest absolute Gasteiger partial charge is 0.257 e. The van der Waals surface area contributed by atoms with E-state index in [-0.39, 0.29) is 7.53 Å². The van der Waals surface area contributed by atoms with Crippen molar-refractivity contribution >= 4 is 38.3 Å². The number of Topliss-reactive ketones (excluding diaryl/α,β-unsaturated/α-hetero) is 1. The van der Waals surface area contributed by atoms with Crippen molar-refractivity contribution in [2.75, 3.05) is 23.3 Å². The van der Waals surface area contributed by atoms with Gasteiger partial charge in [0, 0.05) is 58.6 Å². The summed E-state index contributed by atoms with van der Waals surface area (Å²) in [5.41, 5.74) is 1.03. The van der Waals surface area contributed by atoms with Gasteiger partial charge >= 0.3 is 0 Å². The number of anilines is 2. The molecule has 28 heavy (non-hydrogen) atoms. The van der Waals surface area contributed by atoms with Crippen LogP contribution in [0, 0.1) is 0 Å². The van der Waals surface area contributed by atoms with Crippen molar-refractivity contribution in [3.8, 4) is 5.88 Å². The summed E-state index contributed by atoms with van der Waals surface area (Å²) in [6.45, 7) is 1.36. The third-order valence-corrected chi connectivity index (χ3v) is 6.23. The Morgan fingerprint density at radius 2 is 1.93 bits per heavy atom. The first-order valence-electron chi connectivity index (χ1n) is 9.61. The standard InChI is InChI=1S/C20H21N5O2S.H2/c26-14-5-9-25(10-6-14)18-19(22-8-7-21-18)27-15-11-13(12-15)23-20-24-16-3-1-2-4-17(16)28-20;/h1-4,7-8,13,15H,5-6,9-12H2,(H,23,24);1H. The fourth-order valence-corrected chi connectivity index (χ4v) is 4.57. The van der Waals surface area contributed by atoms with Crippen LogP contribution in [-0.2, 0) is 4.79 Å². The lowest BCUT2D eigenvalue weighted by atomic mass is 9.89. The number of benzene rings is 1. The highest BCUT2D eigenvalue weighted by Crippen LogP contribution is 2.34. The average molecular weight is 398 g/mol. The molecule has 0 unspecified atom stereocenters. The molecule has 1 saturated carbocycles. The summed E-state index contributed by atoms with van der Waals surface area (Å²) in [6.07, 6.45) is 6.39. The number of para-hydroxylation sites is 1. The van der Waals surface area contributed by atoms with Crippen LogP contribution in [0.3, 0.4) is 0 Å². The molecule has 0 bridgehead atoms. The molecule has 0 atom stereocenters. The number of hydrogen-bond donors (Lipinski definition) is 1. The Hall–Kier alpha value is -2.74. The largest absolute Gasteiger partial charge is 0.472 e. The maximum Gasteiger partial charge on any atom is 0.257 e. The molecule has 0 spiro atoms. The number of carbonyl (C=O) groups excluding carboxylic acids is 1. The zero-order chi connectivity index (χ0) is 18.9. The van der Waals surface area contributed by atoms with Crippen LogP contribution in [0.15, 0.2) is 36.7 Å². The van der Waals surface area contributed by atoms with Gasteiger partial charge in [-0.3, -0.25) is 4.79 Å². The second kappa shape index (κ2) is 7.35. The Morgan fingerprint density at radius 3 is 2.75 bits per heavy atom. The number of ketones is 1. The van der Waals surface area contributed by atoms with Crippen LogP contribution in [0.5, 0.6) is 5.88 Å². The molecule has 2 fully saturated rings. The highest BCUT2D eigenvalue weighted by molar-refractivity contribution is 7.22. The molecule has 0 radical (unpaired) electrons. The lowest BCUT2D eigenvalue weighted by Gasteiger charge is -2.36. The fourth-order valence-electron chi connectivity index (χ4n) is 3.63. The zero-order valence-corrected chi connectivity index (χ0v) is 16.2. The van der Waals surface area contributed by atoms with Crippen molar-refractivity contribution in [1.29, 1.82) is 0 Å². The van der Waals surface area contributed by atoms with Crippen molar-refractivity contribution in [1.82, 2.24) is 15.0 Å². The predicted octanol–water partition coefficient (Wildman–Crippen LogP) is 3.52. The Balaban J connectivity index is 0.00000205. The maximum atomic E-state index is 11.5. The molecule has 2 aliphatic rings. The molecule has 146 valence electrons. The second-order valence-electron chi connectivity index (χ2n) is 7.25. The first-order valence-corrected chi connectivity index (χ1v) is 10.4. The number of carbonyl (C=O) groups is 1. The Labute approximate surface area is 168 Å². The van der Waals surface area contributed by atoms with Gasteiger partial charge < -0.3 is 15.0 Å². The molecule has 1 aliphatic carbocycles. The third kappa shape index (κ3) is 3.52. The van der Waals surface area contributed by atoms with Gasteiger partial charge in [-0.25, -0.2) is 15.0 Å². The number of hydrogen-bond acceptors (Lipinski definition) is 8. The van der Waals surface area contributed by atoms with E-state index in [1.807, 2.05) is 18.2 Å². The van der Waals surface area contributed by atoms with Crippen LogP contribution in [-0.4, -0.2) is 46.0 Å². The molecule has 7 nitrogen and oxygen atoms in total. The van der Waals surface area contributed by atoms with Gasteiger partial charge in [-0.15, -0.1) is 0 Å². The third-order valence-electron chi connectivity index (χ3n) is 5.26. The fraction of sp³-hybridized carbons (Fsp3) is 0.400. The summed E-state index contributed by atoms with van der Waals surface area (Å²) < 4.78 is 7.33. The lowest BCUT2D eigenvalue weighted by Crippen LogP contribution is -2.43. The van der Waals surface area contributed by atoms with Crippen molar-refractivity contribution in [3.63, 3.8) is 0 Å². The minimum Gasteiger partial charge on any atom is -0.472 e. The van der Waals surface area contributed by atoms with Gasteiger partial charge in [-0.2, -0.15) is 0 Å². The Morgan fingerprint density at radius 1 is 1.14 bits per heavy atom. The number of piperidine rings is 1. The molecule has 1 N–H and O–H groups in total. The minimum absolute atomic E-state index is 0. The number of thiazole rings is 1. The van der Waals surface area contributed by atoms with E-state index in [1.54, 1.807) is 23.7 Å². The molecule has 1 saturated heterocycles. The summed E-state index contributed by atoms with van der Waals surface area (Å²) in [7, 11) is 0. The van der Waals surface area contributed by atoms with Gasteiger partial charge in [-0.05, 0) is 12.1 Å². The summed E-state index contributed by atoms with van der Waals surface area (Å²) >= 11 is 1.68. The van der Waals surface area contributed by atoms with Crippen LogP contribution < -0.4 is 15.0 Å². The van der Waals surface area contributed by atoms with Gasteiger partial charge in [-0.1, -0.05) is 23.5 Å². The van der Waals surface area contributed by atoms with E-state index in [4.69, 9.17) is 4.74 Å². The highest BCUT2D eigenvalue weighted by atomic mass is 32.1. The lowest BCUT2D eigenvalue weighted by molar-refractivity contribution is -0.119. The quantitative estimate of drug-likeness (QED) is 0.705. The van der Waals surface area contributed by atoms with Crippen molar-refractivity contribution in [3.05, 3.63) is 36.7 Å². The Kier molecular flexibility index (Phi) is 4.56. The number of aromatic nitrogens is 3. The Bertz CT molecular complexity index is 964. The van der Waals surface area contributed by atoms with Gasteiger partial charge in [0.25, 0.3) is 5.88 Å².